The molecule has 6 nitrogen and oxygen atoms in total. The Morgan fingerprint density at radius 2 is 0.983 bits per heavy atom. The largest absolute Gasteiger partial charge is 0.456 e. The lowest BCUT2D eigenvalue weighted by molar-refractivity contribution is 0.668. The molecule has 0 saturated heterocycles. The third-order valence-corrected chi connectivity index (χ3v) is 11.3. The van der Waals surface area contributed by atoms with Crippen LogP contribution in [0.4, 0.5) is 0 Å². The normalized spacial score (nSPS) is 11.9. The van der Waals surface area contributed by atoms with Gasteiger partial charge in [-0.25, -0.2) is 4.98 Å². The van der Waals surface area contributed by atoms with Crippen molar-refractivity contribution in [2.24, 2.45) is 0 Å². The number of hydrogen-bond donors (Lipinski definition) is 0. The van der Waals surface area contributed by atoms with Gasteiger partial charge in [-0.2, -0.15) is 9.97 Å². The molecule has 0 fully saturated rings. The third kappa shape index (κ3) is 5.08. The Balaban J connectivity index is 1.19. The lowest BCUT2D eigenvalue weighted by Crippen LogP contribution is -2.49. The predicted octanol–water partition coefficient (Wildman–Crippen LogP) is 2.12. The minimum atomic E-state index is 0.0697. The summed E-state index contributed by atoms with van der Waals surface area (Å²) in [7, 11) is 52.6. The first-order valence-corrected chi connectivity index (χ1v) is 18.6. The summed E-state index contributed by atoms with van der Waals surface area (Å²) in [5.41, 5.74) is 7.67. The van der Waals surface area contributed by atoms with Gasteiger partial charge in [0.2, 0.25) is 5.95 Å². The van der Waals surface area contributed by atoms with Crippen LogP contribution in [-0.4, -0.2) is 82.3 Å². The topological polar surface area (TPSA) is 69.9 Å². The van der Waals surface area contributed by atoms with Gasteiger partial charge in [0.05, 0.1) is 0 Å². The molecule has 4 aromatic heterocycles. The van der Waals surface area contributed by atoms with Gasteiger partial charge in [-0.1, -0.05) is 107 Å². The summed E-state index contributed by atoms with van der Waals surface area (Å²) < 4.78 is 14.6. The maximum absolute atomic E-state index is 6.78. The SMILES string of the molecule is [B]c1c([B])c([B])c2c(c1[B])c1c([B])c([B])c([B])c([B])c1n2-c1nc(-c2ccccc2)nc(-c2cccc3oc4cc(-c5cccc6c5oc5ccccc56)ccc4c23)n1. The van der Waals surface area contributed by atoms with Crippen LogP contribution in [0.1, 0.15) is 0 Å². The quantitative estimate of drug-likeness (QED) is 0.260. The van der Waals surface area contributed by atoms with E-state index in [1.54, 1.807) is 4.57 Å². The van der Waals surface area contributed by atoms with Crippen LogP contribution in [0, 0.1) is 0 Å². The summed E-state index contributed by atoms with van der Waals surface area (Å²) in [6.45, 7) is 0. The molecule has 0 saturated carbocycles. The van der Waals surface area contributed by atoms with E-state index in [0.29, 0.717) is 50.2 Å². The van der Waals surface area contributed by atoms with Crippen molar-refractivity contribution in [3.8, 4) is 39.9 Å². The molecule has 0 aliphatic rings. The van der Waals surface area contributed by atoms with Gasteiger partial charge in [-0.05, 0) is 40.6 Å². The Kier molecular flexibility index (Phi) is 7.84. The molecule has 254 valence electrons. The first-order valence-electron chi connectivity index (χ1n) is 18.6. The number of rotatable bonds is 4. The van der Waals surface area contributed by atoms with Crippen molar-refractivity contribution in [1.82, 2.24) is 19.5 Å². The molecule has 59 heavy (non-hydrogen) atoms. The van der Waals surface area contributed by atoms with Crippen LogP contribution in [-0.2, 0) is 0 Å². The number of aromatic nitrogens is 4. The number of nitrogens with zero attached hydrogens (tertiary/aromatic N) is 4. The fourth-order valence-electron chi connectivity index (χ4n) is 8.37. The van der Waals surface area contributed by atoms with Gasteiger partial charge in [0.1, 0.15) is 85.1 Å². The van der Waals surface area contributed by atoms with E-state index in [2.05, 4.69) is 24.3 Å². The van der Waals surface area contributed by atoms with E-state index >= 15 is 0 Å². The molecular formula is C45H18B8N4O2. The van der Waals surface area contributed by atoms with Gasteiger partial charge < -0.3 is 8.83 Å². The summed E-state index contributed by atoms with van der Waals surface area (Å²) in [4.78, 5) is 15.2. The second-order valence-electron chi connectivity index (χ2n) is 14.5. The van der Waals surface area contributed by atoms with E-state index in [0.717, 1.165) is 49.4 Å². The van der Waals surface area contributed by atoms with Crippen LogP contribution >= 0.6 is 0 Å². The number of hydrogen-bond acceptors (Lipinski definition) is 5. The molecule has 4 heterocycles. The van der Waals surface area contributed by atoms with Crippen LogP contribution in [0.15, 0.2) is 118 Å². The van der Waals surface area contributed by atoms with Gasteiger partial charge in [0.25, 0.3) is 0 Å². The van der Waals surface area contributed by atoms with Crippen molar-refractivity contribution in [1.29, 1.82) is 0 Å². The van der Waals surface area contributed by atoms with Crippen molar-refractivity contribution in [2.75, 3.05) is 0 Å². The van der Waals surface area contributed by atoms with E-state index in [4.69, 9.17) is 86.6 Å². The Morgan fingerprint density at radius 3 is 1.71 bits per heavy atom. The smallest absolute Gasteiger partial charge is 0.238 e. The van der Waals surface area contributed by atoms with E-state index in [1.807, 2.05) is 84.9 Å². The monoisotopic (exact) mass is 734 g/mol. The van der Waals surface area contributed by atoms with Crippen molar-refractivity contribution in [3.05, 3.63) is 109 Å². The highest BCUT2D eigenvalue weighted by Crippen LogP contribution is 2.41. The Bertz CT molecular complexity index is 3540. The number of fused-ring (bicyclic) bond motifs is 9. The number of para-hydroxylation sites is 2. The maximum Gasteiger partial charge on any atom is 0.238 e. The van der Waals surface area contributed by atoms with E-state index in [9.17, 15) is 0 Å². The molecule has 7 aromatic carbocycles. The molecule has 0 aliphatic heterocycles. The van der Waals surface area contributed by atoms with Gasteiger partial charge in [0, 0.05) is 49.3 Å². The lowest BCUT2D eigenvalue weighted by Gasteiger charge is -2.17. The van der Waals surface area contributed by atoms with E-state index in [-0.39, 0.29) is 49.7 Å². The fourth-order valence-corrected chi connectivity index (χ4v) is 8.37. The summed E-state index contributed by atoms with van der Waals surface area (Å²) in [5, 5.41) is 4.51. The molecule has 14 heteroatoms. The Hall–Kier alpha value is -6.53. The zero-order chi connectivity index (χ0) is 40.4. The van der Waals surface area contributed by atoms with Crippen molar-refractivity contribution in [3.63, 3.8) is 0 Å². The number of benzene rings is 7. The van der Waals surface area contributed by atoms with Gasteiger partial charge in [0.15, 0.2) is 11.6 Å². The van der Waals surface area contributed by atoms with Crippen LogP contribution < -0.4 is 43.7 Å². The molecular weight excluding hydrogens is 715 g/mol. The molecule has 16 radical (unpaired) electrons. The van der Waals surface area contributed by atoms with Gasteiger partial charge in [-0.15, -0.1) is 21.9 Å². The van der Waals surface area contributed by atoms with Crippen LogP contribution in [0.5, 0.6) is 0 Å². The maximum atomic E-state index is 6.78. The molecule has 0 N–H and O–H groups in total. The highest BCUT2D eigenvalue weighted by molar-refractivity contribution is 6.71. The van der Waals surface area contributed by atoms with Crippen molar-refractivity contribution >= 4 is 172 Å². The zero-order valence-corrected chi connectivity index (χ0v) is 31.1. The molecule has 11 aromatic rings. The zero-order valence-electron chi connectivity index (χ0n) is 31.1. The lowest BCUT2D eigenvalue weighted by atomic mass is 9.63. The Labute approximate surface area is 348 Å². The van der Waals surface area contributed by atoms with Crippen LogP contribution in [0.25, 0.3) is 106 Å². The van der Waals surface area contributed by atoms with Gasteiger partial charge >= 0.3 is 0 Å². The fraction of sp³-hybridized carbons (Fsp3) is 0. The van der Waals surface area contributed by atoms with Crippen molar-refractivity contribution < 1.29 is 8.83 Å². The average Bonchev–Trinajstić information content (AvgIpc) is 3.96. The Morgan fingerprint density at radius 1 is 0.390 bits per heavy atom. The molecule has 0 spiro atoms. The van der Waals surface area contributed by atoms with E-state index in [1.165, 1.54) is 0 Å². The third-order valence-electron chi connectivity index (χ3n) is 11.3. The predicted molar refractivity (Wildman–Crippen MR) is 248 cm³/mol. The van der Waals surface area contributed by atoms with Gasteiger partial charge in [-0.3, -0.25) is 4.57 Å². The molecule has 0 unspecified atom stereocenters. The number of furan rings is 2. The van der Waals surface area contributed by atoms with E-state index < -0.39 is 0 Å². The standard InChI is InChI=1S/C45H18B8N4O2/c46-32-30-31-33(47)35(49)37(51)39(53)41(31)57(40(30)38(52)36(50)34(32)48)45-55-43(19-8-2-1-3-9-19)54-44(56-45)25-13-7-15-27-29(25)24-17-16-20(18-28(24)58-27)21-11-6-12-23-22-10-4-5-14-26(22)59-42(21)23/h1-18H. The highest BCUT2D eigenvalue weighted by atomic mass is 16.3. The summed E-state index contributed by atoms with van der Waals surface area (Å²) in [6, 6.07) is 35.6. The minimum absolute atomic E-state index is 0.0697. The highest BCUT2D eigenvalue weighted by Gasteiger charge is 2.26. The minimum Gasteiger partial charge on any atom is -0.456 e. The average molecular weight is 733 g/mol. The molecule has 0 bridgehead atoms. The first-order chi connectivity index (χ1) is 28.6. The van der Waals surface area contributed by atoms with Crippen LogP contribution in [0.3, 0.4) is 0 Å². The molecule has 0 atom stereocenters. The van der Waals surface area contributed by atoms with Crippen LogP contribution in [0.2, 0.25) is 0 Å². The summed E-state index contributed by atoms with van der Waals surface area (Å²) in [5.74, 6) is 0.820. The molecule has 0 amide bonds. The second kappa shape index (κ2) is 13.0. The summed E-state index contributed by atoms with van der Waals surface area (Å²) in [6.07, 6.45) is 0. The first kappa shape index (κ1) is 35.6. The summed E-state index contributed by atoms with van der Waals surface area (Å²) >= 11 is 0. The molecule has 11 rings (SSSR count). The van der Waals surface area contributed by atoms with Crippen molar-refractivity contribution in [2.45, 2.75) is 0 Å². The second-order valence-corrected chi connectivity index (χ2v) is 14.5. The molecule has 0 aliphatic carbocycles.